The Morgan fingerprint density at radius 1 is 1.28 bits per heavy atom. The zero-order valence-corrected chi connectivity index (χ0v) is 10.9. The summed E-state index contributed by atoms with van der Waals surface area (Å²) in [5.41, 5.74) is 8.38. The lowest BCUT2D eigenvalue weighted by atomic mass is 10.2. The van der Waals surface area contributed by atoms with Crippen LogP contribution in [0.25, 0.3) is 0 Å². The normalized spacial score (nSPS) is 10.4. The van der Waals surface area contributed by atoms with Gasteiger partial charge in [0.2, 0.25) is 0 Å². The molecule has 0 fully saturated rings. The smallest absolute Gasteiger partial charge is 0.142 e. The first-order valence-corrected chi connectivity index (χ1v) is 6.10. The van der Waals surface area contributed by atoms with E-state index in [4.69, 9.17) is 22.1 Å². The summed E-state index contributed by atoms with van der Waals surface area (Å²) < 4.78 is 5.72. The van der Waals surface area contributed by atoms with Crippen LogP contribution in [0.2, 0.25) is 5.02 Å². The number of nitrogens with two attached hydrogens (primary N) is 1. The minimum atomic E-state index is 0.368. The number of aromatic nitrogens is 1. The summed E-state index contributed by atoms with van der Waals surface area (Å²) >= 11 is 5.92. The van der Waals surface area contributed by atoms with Gasteiger partial charge in [-0.3, -0.25) is 4.98 Å². The fourth-order valence-corrected chi connectivity index (χ4v) is 1.88. The first-order chi connectivity index (χ1) is 8.69. The second kappa shape index (κ2) is 5.85. The van der Waals surface area contributed by atoms with Gasteiger partial charge in [0.1, 0.15) is 12.4 Å². The Morgan fingerprint density at radius 3 is 2.83 bits per heavy atom. The Labute approximate surface area is 112 Å². The van der Waals surface area contributed by atoms with E-state index in [-0.39, 0.29) is 0 Å². The summed E-state index contributed by atoms with van der Waals surface area (Å²) in [6, 6.07) is 11.4. The highest BCUT2D eigenvalue weighted by molar-refractivity contribution is 6.30. The van der Waals surface area contributed by atoms with Gasteiger partial charge in [-0.1, -0.05) is 23.7 Å². The summed E-state index contributed by atoms with van der Waals surface area (Å²) in [7, 11) is 0. The fourth-order valence-electron chi connectivity index (χ4n) is 1.66. The number of hydrogen-bond acceptors (Lipinski definition) is 3. The number of rotatable bonds is 4. The molecule has 2 rings (SSSR count). The summed E-state index contributed by atoms with van der Waals surface area (Å²) in [6.07, 6.45) is 0. The Hall–Kier alpha value is -1.58. The monoisotopic (exact) mass is 262 g/mol. The van der Waals surface area contributed by atoms with Crippen molar-refractivity contribution in [2.24, 2.45) is 5.73 Å². The minimum absolute atomic E-state index is 0.368. The molecule has 1 heterocycles. The third kappa shape index (κ3) is 3.22. The molecule has 1 aromatic heterocycles. The molecule has 0 aliphatic carbocycles. The highest BCUT2D eigenvalue weighted by atomic mass is 35.5. The van der Waals surface area contributed by atoms with Gasteiger partial charge in [-0.2, -0.15) is 0 Å². The van der Waals surface area contributed by atoms with Crippen molar-refractivity contribution in [3.8, 4) is 5.75 Å². The highest BCUT2D eigenvalue weighted by Crippen LogP contribution is 2.19. The molecule has 0 aliphatic rings. The molecule has 0 amide bonds. The molecule has 2 aromatic rings. The third-order valence-corrected chi connectivity index (χ3v) is 2.78. The number of pyridine rings is 1. The fraction of sp³-hybridized carbons (Fsp3) is 0.214. The second-order valence-corrected chi connectivity index (χ2v) is 4.46. The van der Waals surface area contributed by atoms with Crippen LogP contribution < -0.4 is 10.5 Å². The number of hydrogen-bond donors (Lipinski definition) is 1. The van der Waals surface area contributed by atoms with Crippen molar-refractivity contribution in [1.29, 1.82) is 0 Å². The predicted octanol–water partition coefficient (Wildman–Crippen LogP) is 3.08. The number of benzene rings is 1. The maximum absolute atomic E-state index is 5.92. The minimum Gasteiger partial charge on any atom is -0.487 e. The molecule has 18 heavy (non-hydrogen) atoms. The number of halogens is 1. The molecule has 0 saturated carbocycles. The van der Waals surface area contributed by atoms with E-state index < -0.39 is 0 Å². The van der Waals surface area contributed by atoms with Crippen molar-refractivity contribution in [2.45, 2.75) is 20.1 Å². The third-order valence-electron chi connectivity index (χ3n) is 2.55. The highest BCUT2D eigenvalue weighted by Gasteiger charge is 2.04. The Balaban J connectivity index is 2.10. The molecule has 1 aromatic carbocycles. The Kier molecular flexibility index (Phi) is 4.18. The molecule has 0 saturated heterocycles. The lowest BCUT2D eigenvalue weighted by molar-refractivity contribution is 0.301. The molecule has 0 unspecified atom stereocenters. The SMILES string of the molecule is Cc1ccc(OCc2cccc(Cl)c2)c(CN)n1. The van der Waals surface area contributed by atoms with Gasteiger partial charge in [0.15, 0.2) is 0 Å². The average molecular weight is 263 g/mol. The van der Waals surface area contributed by atoms with Gasteiger partial charge >= 0.3 is 0 Å². The van der Waals surface area contributed by atoms with Crippen LogP contribution in [0, 0.1) is 6.92 Å². The van der Waals surface area contributed by atoms with Crippen LogP contribution in [0.4, 0.5) is 0 Å². The number of nitrogens with zero attached hydrogens (tertiary/aromatic N) is 1. The maximum Gasteiger partial charge on any atom is 0.142 e. The molecule has 0 bridgehead atoms. The van der Waals surface area contributed by atoms with E-state index in [1.165, 1.54) is 0 Å². The lowest BCUT2D eigenvalue weighted by Crippen LogP contribution is -2.05. The van der Waals surface area contributed by atoms with E-state index in [0.717, 1.165) is 22.7 Å². The molecule has 4 heteroatoms. The van der Waals surface area contributed by atoms with E-state index >= 15 is 0 Å². The predicted molar refractivity (Wildman–Crippen MR) is 72.6 cm³/mol. The van der Waals surface area contributed by atoms with E-state index in [0.29, 0.717) is 18.2 Å². The lowest BCUT2D eigenvalue weighted by Gasteiger charge is -2.10. The first-order valence-electron chi connectivity index (χ1n) is 5.73. The van der Waals surface area contributed by atoms with Crippen LogP contribution in [0.3, 0.4) is 0 Å². The molecular formula is C14H15ClN2O. The molecule has 0 spiro atoms. The second-order valence-electron chi connectivity index (χ2n) is 4.02. The van der Waals surface area contributed by atoms with Gasteiger partial charge in [-0.15, -0.1) is 0 Å². The summed E-state index contributed by atoms with van der Waals surface area (Å²) in [4.78, 5) is 4.35. The van der Waals surface area contributed by atoms with Crippen LogP contribution in [-0.4, -0.2) is 4.98 Å². The first kappa shape index (κ1) is 12.9. The number of aryl methyl sites for hydroxylation is 1. The average Bonchev–Trinajstić information content (AvgIpc) is 2.37. The molecule has 0 radical (unpaired) electrons. The van der Waals surface area contributed by atoms with E-state index in [2.05, 4.69) is 4.98 Å². The molecular weight excluding hydrogens is 248 g/mol. The van der Waals surface area contributed by atoms with E-state index in [1.807, 2.05) is 43.3 Å². The standard InChI is InChI=1S/C14H15ClN2O/c1-10-5-6-14(13(8-16)17-10)18-9-11-3-2-4-12(15)7-11/h2-7H,8-9,16H2,1H3. The van der Waals surface area contributed by atoms with Gasteiger partial charge in [-0.25, -0.2) is 0 Å². The molecule has 0 aliphatic heterocycles. The largest absolute Gasteiger partial charge is 0.487 e. The van der Waals surface area contributed by atoms with Gasteiger partial charge in [0.05, 0.1) is 5.69 Å². The van der Waals surface area contributed by atoms with E-state index in [9.17, 15) is 0 Å². The summed E-state index contributed by atoms with van der Waals surface area (Å²) in [5, 5.41) is 0.706. The van der Waals surface area contributed by atoms with Crippen molar-refractivity contribution < 1.29 is 4.74 Å². The summed E-state index contributed by atoms with van der Waals surface area (Å²) in [5.74, 6) is 0.725. The van der Waals surface area contributed by atoms with Crippen LogP contribution in [0.1, 0.15) is 17.0 Å². The van der Waals surface area contributed by atoms with Crippen molar-refractivity contribution in [3.05, 3.63) is 58.4 Å². The molecule has 3 nitrogen and oxygen atoms in total. The zero-order chi connectivity index (χ0) is 13.0. The quantitative estimate of drug-likeness (QED) is 0.921. The van der Waals surface area contributed by atoms with Gasteiger partial charge in [0.25, 0.3) is 0 Å². The van der Waals surface area contributed by atoms with Crippen molar-refractivity contribution in [1.82, 2.24) is 4.98 Å². The van der Waals surface area contributed by atoms with Crippen LogP contribution >= 0.6 is 11.6 Å². The maximum atomic E-state index is 5.92. The molecule has 94 valence electrons. The summed E-state index contributed by atoms with van der Waals surface area (Å²) in [6.45, 7) is 2.75. The van der Waals surface area contributed by atoms with Gasteiger partial charge in [-0.05, 0) is 36.8 Å². The Bertz CT molecular complexity index is 543. The van der Waals surface area contributed by atoms with Gasteiger partial charge < -0.3 is 10.5 Å². The zero-order valence-electron chi connectivity index (χ0n) is 10.2. The molecule has 2 N–H and O–H groups in total. The van der Waals surface area contributed by atoms with Crippen LogP contribution in [0.5, 0.6) is 5.75 Å². The van der Waals surface area contributed by atoms with Crippen molar-refractivity contribution in [2.75, 3.05) is 0 Å². The van der Waals surface area contributed by atoms with Crippen molar-refractivity contribution in [3.63, 3.8) is 0 Å². The van der Waals surface area contributed by atoms with Crippen molar-refractivity contribution >= 4 is 11.6 Å². The van der Waals surface area contributed by atoms with Crippen LogP contribution in [0.15, 0.2) is 36.4 Å². The Morgan fingerprint density at radius 2 is 2.11 bits per heavy atom. The molecule has 0 atom stereocenters. The van der Waals surface area contributed by atoms with Gasteiger partial charge in [0, 0.05) is 17.3 Å². The van der Waals surface area contributed by atoms with Crippen LogP contribution in [-0.2, 0) is 13.2 Å². The topological polar surface area (TPSA) is 48.1 Å². The number of ether oxygens (including phenoxy) is 1. The van der Waals surface area contributed by atoms with E-state index in [1.54, 1.807) is 0 Å².